The van der Waals surface area contributed by atoms with E-state index < -0.39 is 0 Å². The molecule has 0 aliphatic rings. The van der Waals surface area contributed by atoms with Crippen LogP contribution < -0.4 is 0 Å². The van der Waals surface area contributed by atoms with Crippen LogP contribution in [0.4, 0.5) is 0 Å². The highest BCUT2D eigenvalue weighted by Gasteiger charge is 2.18. The predicted octanol–water partition coefficient (Wildman–Crippen LogP) is 3.55. The number of aryl methyl sites for hydroxylation is 2. The van der Waals surface area contributed by atoms with Crippen molar-refractivity contribution in [2.24, 2.45) is 0 Å². The number of rotatable bonds is 8. The lowest BCUT2D eigenvalue weighted by Crippen LogP contribution is -2.18. The lowest BCUT2D eigenvalue weighted by Gasteiger charge is -2.14. The Morgan fingerprint density at radius 3 is 2.58 bits per heavy atom. The van der Waals surface area contributed by atoms with E-state index in [2.05, 4.69) is 18.9 Å². The first-order chi connectivity index (χ1) is 9.03. The first-order valence-electron chi connectivity index (χ1n) is 7.07. The Balaban J connectivity index is 2.67. The lowest BCUT2D eigenvalue weighted by atomic mass is 10.2. The molecule has 1 rings (SSSR count). The van der Waals surface area contributed by atoms with Crippen molar-refractivity contribution in [1.29, 1.82) is 0 Å². The van der Waals surface area contributed by atoms with Crippen molar-refractivity contribution in [2.45, 2.75) is 64.9 Å². The van der Waals surface area contributed by atoms with E-state index in [0.717, 1.165) is 41.5 Å². The van der Waals surface area contributed by atoms with Gasteiger partial charge in [0.25, 0.3) is 0 Å². The first-order valence-corrected chi connectivity index (χ1v) is 8.49. The maximum atomic E-state index is 10.2. The number of hydrogen-bond acceptors (Lipinski definition) is 3. The van der Waals surface area contributed by atoms with Gasteiger partial charge in [-0.3, -0.25) is 4.68 Å². The normalized spacial score (nSPS) is 14.6. The molecule has 1 aromatic rings. The van der Waals surface area contributed by atoms with Crippen molar-refractivity contribution in [2.75, 3.05) is 5.75 Å². The Morgan fingerprint density at radius 2 is 2.05 bits per heavy atom. The van der Waals surface area contributed by atoms with Crippen LogP contribution in [0.25, 0.3) is 0 Å². The van der Waals surface area contributed by atoms with Gasteiger partial charge in [0.15, 0.2) is 0 Å². The molecule has 0 aliphatic carbocycles. The van der Waals surface area contributed by atoms with Gasteiger partial charge in [-0.2, -0.15) is 16.9 Å². The summed E-state index contributed by atoms with van der Waals surface area (Å²) < 4.78 is 1.91. The van der Waals surface area contributed by atoms with Gasteiger partial charge in [-0.1, -0.05) is 32.4 Å². The van der Waals surface area contributed by atoms with E-state index in [4.69, 9.17) is 11.6 Å². The number of halogens is 1. The highest BCUT2D eigenvalue weighted by molar-refractivity contribution is 7.99. The summed E-state index contributed by atoms with van der Waals surface area (Å²) >= 11 is 8.15. The number of thioether (sulfide) groups is 1. The number of hydrogen-bond donors (Lipinski definition) is 1. The van der Waals surface area contributed by atoms with E-state index in [1.54, 1.807) is 0 Å². The minimum Gasteiger partial charge on any atom is -0.392 e. The maximum Gasteiger partial charge on any atom is 0.0850 e. The monoisotopic (exact) mass is 304 g/mol. The van der Waals surface area contributed by atoms with Gasteiger partial charge in [0.05, 0.1) is 22.5 Å². The summed E-state index contributed by atoms with van der Waals surface area (Å²) in [5.41, 5.74) is 1.90. The van der Waals surface area contributed by atoms with Crippen LogP contribution in [0.15, 0.2) is 0 Å². The third-order valence-electron chi connectivity index (χ3n) is 3.27. The highest BCUT2D eigenvalue weighted by Crippen LogP contribution is 2.24. The standard InChI is InChI=1S/C14H25ClN2OS/c1-5-10(4)19-9-11(18)8-13-14(15)12(6-2)16-17(13)7-3/h10-11,18H,5-9H2,1-4H3. The number of aliphatic hydroxyl groups excluding tert-OH is 1. The summed E-state index contributed by atoms with van der Waals surface area (Å²) in [5, 5.41) is 16.0. The van der Waals surface area contributed by atoms with Gasteiger partial charge in [0, 0.05) is 24.0 Å². The molecule has 1 aromatic heterocycles. The van der Waals surface area contributed by atoms with Crippen LogP contribution in [0.2, 0.25) is 5.02 Å². The van der Waals surface area contributed by atoms with E-state index in [1.807, 2.05) is 30.3 Å². The van der Waals surface area contributed by atoms with E-state index in [1.165, 1.54) is 0 Å². The fourth-order valence-corrected chi connectivity index (χ4v) is 3.14. The van der Waals surface area contributed by atoms with E-state index in [0.29, 0.717) is 11.7 Å². The van der Waals surface area contributed by atoms with E-state index in [-0.39, 0.29) is 6.10 Å². The van der Waals surface area contributed by atoms with E-state index in [9.17, 15) is 5.11 Å². The molecule has 0 saturated carbocycles. The minimum absolute atomic E-state index is 0.358. The van der Waals surface area contributed by atoms with Gasteiger partial charge >= 0.3 is 0 Å². The summed E-state index contributed by atoms with van der Waals surface area (Å²) in [5.74, 6) is 0.752. The molecule has 5 heteroatoms. The zero-order valence-corrected chi connectivity index (χ0v) is 13.9. The molecule has 1 heterocycles. The zero-order valence-electron chi connectivity index (χ0n) is 12.3. The quantitative estimate of drug-likeness (QED) is 0.798. The van der Waals surface area contributed by atoms with Gasteiger partial charge in [0.2, 0.25) is 0 Å². The number of nitrogens with zero attached hydrogens (tertiary/aromatic N) is 2. The second kappa shape index (κ2) is 8.18. The summed E-state index contributed by atoms with van der Waals surface area (Å²) in [6, 6.07) is 0. The third kappa shape index (κ3) is 4.69. The molecule has 2 atom stereocenters. The Kier molecular flexibility index (Phi) is 7.26. The first kappa shape index (κ1) is 16.9. The van der Waals surface area contributed by atoms with Gasteiger partial charge in [-0.25, -0.2) is 0 Å². The van der Waals surface area contributed by atoms with Gasteiger partial charge in [-0.15, -0.1) is 0 Å². The molecule has 0 amide bonds. The second-order valence-corrected chi connectivity index (χ2v) is 6.64. The Bertz CT molecular complexity index is 395. The molecular formula is C14H25ClN2OS. The molecule has 2 unspecified atom stereocenters. The molecule has 19 heavy (non-hydrogen) atoms. The van der Waals surface area contributed by atoms with Crippen LogP contribution in [-0.4, -0.2) is 32.0 Å². The molecule has 1 N–H and O–H groups in total. The fourth-order valence-electron chi connectivity index (χ4n) is 1.89. The van der Waals surface area contributed by atoms with Crippen molar-refractivity contribution in [3.05, 3.63) is 16.4 Å². The smallest absolute Gasteiger partial charge is 0.0850 e. The van der Waals surface area contributed by atoms with Crippen molar-refractivity contribution >= 4 is 23.4 Å². The predicted molar refractivity (Wildman–Crippen MR) is 84.2 cm³/mol. The molecule has 0 aromatic carbocycles. The van der Waals surface area contributed by atoms with Crippen molar-refractivity contribution in [3.63, 3.8) is 0 Å². The number of aromatic nitrogens is 2. The highest BCUT2D eigenvalue weighted by atomic mass is 35.5. The van der Waals surface area contributed by atoms with Crippen LogP contribution in [0.1, 0.15) is 45.5 Å². The van der Waals surface area contributed by atoms with E-state index >= 15 is 0 Å². The van der Waals surface area contributed by atoms with Gasteiger partial charge in [0.1, 0.15) is 0 Å². The zero-order chi connectivity index (χ0) is 14.4. The Hall–Kier alpha value is -0.190. The van der Waals surface area contributed by atoms with Crippen LogP contribution in [0.5, 0.6) is 0 Å². The van der Waals surface area contributed by atoms with Crippen molar-refractivity contribution < 1.29 is 5.11 Å². The molecular weight excluding hydrogens is 280 g/mol. The summed E-state index contributed by atoms with van der Waals surface area (Å²) in [6.45, 7) is 9.25. The molecule has 0 spiro atoms. The molecule has 0 bridgehead atoms. The molecule has 0 radical (unpaired) electrons. The second-order valence-electron chi connectivity index (χ2n) is 4.79. The maximum absolute atomic E-state index is 10.2. The van der Waals surface area contributed by atoms with Crippen molar-refractivity contribution in [3.8, 4) is 0 Å². The molecule has 0 fully saturated rings. The average Bonchev–Trinajstić information content (AvgIpc) is 2.72. The Morgan fingerprint density at radius 1 is 1.37 bits per heavy atom. The lowest BCUT2D eigenvalue weighted by molar-refractivity contribution is 0.197. The Labute approximate surface area is 125 Å². The molecule has 110 valence electrons. The van der Waals surface area contributed by atoms with Crippen LogP contribution >= 0.6 is 23.4 Å². The average molecular weight is 305 g/mol. The van der Waals surface area contributed by atoms with Gasteiger partial charge in [-0.05, 0) is 19.8 Å². The van der Waals surface area contributed by atoms with Crippen molar-refractivity contribution in [1.82, 2.24) is 9.78 Å². The third-order valence-corrected chi connectivity index (χ3v) is 5.19. The summed E-state index contributed by atoms with van der Waals surface area (Å²) in [6.07, 6.45) is 2.19. The SMILES string of the molecule is CCc1nn(CC)c(CC(O)CSC(C)CC)c1Cl. The molecule has 0 aliphatic heterocycles. The minimum atomic E-state index is -0.358. The topological polar surface area (TPSA) is 38.0 Å². The summed E-state index contributed by atoms with van der Waals surface area (Å²) in [7, 11) is 0. The number of aliphatic hydroxyl groups is 1. The van der Waals surface area contributed by atoms with Gasteiger partial charge < -0.3 is 5.11 Å². The largest absolute Gasteiger partial charge is 0.392 e. The van der Waals surface area contributed by atoms with Crippen LogP contribution in [0, 0.1) is 0 Å². The fraction of sp³-hybridized carbons (Fsp3) is 0.786. The van der Waals surface area contributed by atoms with Crippen LogP contribution in [0.3, 0.4) is 0 Å². The van der Waals surface area contributed by atoms with Crippen LogP contribution in [-0.2, 0) is 19.4 Å². The molecule has 0 saturated heterocycles. The summed E-state index contributed by atoms with van der Waals surface area (Å²) in [4.78, 5) is 0. The molecule has 3 nitrogen and oxygen atoms in total.